The van der Waals surface area contributed by atoms with Crippen LogP contribution in [0.15, 0.2) is 0 Å². The van der Waals surface area contributed by atoms with Crippen LogP contribution in [0.25, 0.3) is 0 Å². The highest BCUT2D eigenvalue weighted by atomic mass is 16.5. The maximum atomic E-state index is 6.09. The second-order valence-corrected chi connectivity index (χ2v) is 6.38. The van der Waals surface area contributed by atoms with Crippen molar-refractivity contribution in [2.24, 2.45) is 5.92 Å². The molecular weight excluding hydrogens is 224 g/mol. The first kappa shape index (κ1) is 14.3. The predicted molar refractivity (Wildman–Crippen MR) is 75.9 cm³/mol. The lowest BCUT2D eigenvalue weighted by Crippen LogP contribution is -2.40. The molecule has 1 saturated heterocycles. The Bertz CT molecular complexity index is 247. The van der Waals surface area contributed by atoms with Gasteiger partial charge in [0.2, 0.25) is 0 Å². The van der Waals surface area contributed by atoms with Gasteiger partial charge < -0.3 is 15.0 Å². The van der Waals surface area contributed by atoms with Gasteiger partial charge in [0.15, 0.2) is 0 Å². The molecule has 0 aromatic carbocycles. The molecule has 2 aliphatic rings. The molecule has 0 bridgehead atoms. The van der Waals surface area contributed by atoms with E-state index in [4.69, 9.17) is 4.74 Å². The summed E-state index contributed by atoms with van der Waals surface area (Å²) >= 11 is 0. The van der Waals surface area contributed by atoms with Crippen molar-refractivity contribution in [3.05, 3.63) is 0 Å². The lowest BCUT2D eigenvalue weighted by atomic mass is 9.86. The number of hydrogen-bond acceptors (Lipinski definition) is 3. The molecule has 3 heteroatoms. The average molecular weight is 254 g/mol. The van der Waals surface area contributed by atoms with Gasteiger partial charge in [0.05, 0.1) is 12.2 Å². The third-order valence-electron chi connectivity index (χ3n) is 4.65. The van der Waals surface area contributed by atoms with Crippen molar-refractivity contribution in [3.8, 4) is 0 Å². The van der Waals surface area contributed by atoms with Gasteiger partial charge in [0, 0.05) is 19.1 Å². The summed E-state index contributed by atoms with van der Waals surface area (Å²) < 4.78 is 6.09. The largest absolute Gasteiger partial charge is 0.372 e. The Labute approximate surface area is 112 Å². The molecule has 0 aromatic heterocycles. The Morgan fingerprint density at radius 2 is 1.94 bits per heavy atom. The van der Waals surface area contributed by atoms with Crippen LogP contribution < -0.4 is 5.32 Å². The summed E-state index contributed by atoms with van der Waals surface area (Å²) in [4.78, 5) is 2.56. The summed E-state index contributed by atoms with van der Waals surface area (Å²) in [5, 5.41) is 3.21. The molecule has 3 nitrogen and oxygen atoms in total. The minimum absolute atomic E-state index is 0.443. The Kier molecular flexibility index (Phi) is 5.46. The summed E-state index contributed by atoms with van der Waals surface area (Å²) in [5.74, 6) is 0.910. The summed E-state index contributed by atoms with van der Waals surface area (Å²) in [5.41, 5.74) is 0. The van der Waals surface area contributed by atoms with Gasteiger partial charge in [0.25, 0.3) is 0 Å². The molecule has 1 heterocycles. The van der Waals surface area contributed by atoms with Crippen LogP contribution in [0.1, 0.15) is 45.4 Å². The Morgan fingerprint density at radius 1 is 1.17 bits per heavy atom. The van der Waals surface area contributed by atoms with Gasteiger partial charge >= 0.3 is 0 Å². The van der Waals surface area contributed by atoms with Crippen LogP contribution in [0.5, 0.6) is 0 Å². The minimum Gasteiger partial charge on any atom is -0.372 e. The first-order chi connectivity index (χ1) is 8.69. The smallest absolute Gasteiger partial charge is 0.0707 e. The SMILES string of the molecule is CNCC1CCC(CN(C)C2CCCC(C)C2)O1. The van der Waals surface area contributed by atoms with Crippen molar-refractivity contribution in [3.63, 3.8) is 0 Å². The lowest BCUT2D eigenvalue weighted by Gasteiger charge is -2.35. The van der Waals surface area contributed by atoms with E-state index >= 15 is 0 Å². The Morgan fingerprint density at radius 3 is 2.67 bits per heavy atom. The lowest BCUT2D eigenvalue weighted by molar-refractivity contribution is 0.0157. The monoisotopic (exact) mass is 254 g/mol. The van der Waals surface area contributed by atoms with E-state index in [0.717, 1.165) is 25.0 Å². The van der Waals surface area contributed by atoms with Crippen LogP contribution in [0.3, 0.4) is 0 Å². The van der Waals surface area contributed by atoms with E-state index in [1.807, 2.05) is 7.05 Å². The fourth-order valence-electron chi connectivity index (χ4n) is 3.56. The topological polar surface area (TPSA) is 24.5 Å². The number of ether oxygens (including phenoxy) is 1. The van der Waals surface area contributed by atoms with Crippen LogP contribution >= 0.6 is 0 Å². The maximum Gasteiger partial charge on any atom is 0.0707 e. The van der Waals surface area contributed by atoms with E-state index in [1.54, 1.807) is 0 Å². The Balaban J connectivity index is 1.72. The van der Waals surface area contributed by atoms with E-state index in [9.17, 15) is 0 Å². The maximum absolute atomic E-state index is 6.09. The molecule has 0 radical (unpaired) electrons. The number of likely N-dealkylation sites (N-methyl/N-ethyl adjacent to an activating group) is 2. The second kappa shape index (κ2) is 6.88. The molecule has 4 unspecified atom stereocenters. The van der Waals surface area contributed by atoms with Crippen LogP contribution in [0.4, 0.5) is 0 Å². The zero-order valence-corrected chi connectivity index (χ0v) is 12.3. The zero-order chi connectivity index (χ0) is 13.0. The van der Waals surface area contributed by atoms with Crippen molar-refractivity contribution >= 4 is 0 Å². The van der Waals surface area contributed by atoms with Gasteiger partial charge in [0.1, 0.15) is 0 Å². The fraction of sp³-hybridized carbons (Fsp3) is 1.00. The van der Waals surface area contributed by atoms with Crippen molar-refractivity contribution in [1.29, 1.82) is 0 Å². The molecule has 1 saturated carbocycles. The van der Waals surface area contributed by atoms with Gasteiger partial charge in [-0.2, -0.15) is 0 Å². The van der Waals surface area contributed by atoms with Crippen molar-refractivity contribution in [2.45, 2.75) is 63.7 Å². The normalized spacial score (nSPS) is 37.3. The van der Waals surface area contributed by atoms with Crippen molar-refractivity contribution in [1.82, 2.24) is 10.2 Å². The van der Waals surface area contributed by atoms with Crippen molar-refractivity contribution < 1.29 is 4.74 Å². The second-order valence-electron chi connectivity index (χ2n) is 6.38. The van der Waals surface area contributed by atoms with Gasteiger partial charge in [-0.15, -0.1) is 0 Å². The number of nitrogens with one attached hydrogen (secondary N) is 1. The van der Waals surface area contributed by atoms with E-state index in [2.05, 4.69) is 24.2 Å². The van der Waals surface area contributed by atoms with Gasteiger partial charge in [-0.3, -0.25) is 0 Å². The average Bonchev–Trinajstić information content (AvgIpc) is 2.77. The van der Waals surface area contributed by atoms with Crippen LogP contribution in [-0.2, 0) is 4.74 Å². The third-order valence-corrected chi connectivity index (χ3v) is 4.65. The summed E-state index contributed by atoms with van der Waals surface area (Å²) in [6.07, 6.45) is 8.96. The van der Waals surface area contributed by atoms with E-state index in [1.165, 1.54) is 38.5 Å². The van der Waals surface area contributed by atoms with Crippen LogP contribution in [0, 0.1) is 5.92 Å². The molecule has 0 aromatic rings. The van der Waals surface area contributed by atoms with Gasteiger partial charge in [-0.05, 0) is 45.7 Å². The highest BCUT2D eigenvalue weighted by Gasteiger charge is 2.28. The highest BCUT2D eigenvalue weighted by molar-refractivity contribution is 4.82. The molecule has 4 atom stereocenters. The fourth-order valence-corrected chi connectivity index (χ4v) is 3.56. The zero-order valence-electron chi connectivity index (χ0n) is 12.3. The van der Waals surface area contributed by atoms with Gasteiger partial charge in [-0.1, -0.05) is 19.8 Å². The van der Waals surface area contributed by atoms with Crippen molar-refractivity contribution in [2.75, 3.05) is 27.2 Å². The minimum atomic E-state index is 0.443. The molecule has 2 rings (SSSR count). The van der Waals surface area contributed by atoms with E-state index in [-0.39, 0.29) is 0 Å². The summed E-state index contributed by atoms with van der Waals surface area (Å²) in [6, 6.07) is 0.792. The standard InChI is InChI=1S/C15H30N2O/c1-12-5-4-6-13(9-12)17(3)11-15-8-7-14(18-15)10-16-2/h12-16H,4-11H2,1-3H3. The first-order valence-electron chi connectivity index (χ1n) is 7.69. The molecule has 106 valence electrons. The van der Waals surface area contributed by atoms with Crippen LogP contribution in [0.2, 0.25) is 0 Å². The predicted octanol–water partition coefficient (Wildman–Crippen LogP) is 2.26. The molecule has 1 aliphatic carbocycles. The molecular formula is C15H30N2O. The highest BCUT2D eigenvalue weighted by Crippen LogP contribution is 2.28. The number of nitrogens with zero attached hydrogens (tertiary/aromatic N) is 1. The number of hydrogen-bond donors (Lipinski definition) is 1. The molecule has 1 N–H and O–H groups in total. The van der Waals surface area contributed by atoms with Gasteiger partial charge in [-0.25, -0.2) is 0 Å². The molecule has 2 fully saturated rings. The third kappa shape index (κ3) is 3.94. The number of rotatable bonds is 5. The molecule has 1 aliphatic heterocycles. The summed E-state index contributed by atoms with van der Waals surface area (Å²) in [6.45, 7) is 4.52. The molecule has 0 spiro atoms. The molecule has 18 heavy (non-hydrogen) atoms. The van der Waals surface area contributed by atoms with E-state index < -0.39 is 0 Å². The van der Waals surface area contributed by atoms with Crippen LogP contribution in [-0.4, -0.2) is 50.3 Å². The Hall–Kier alpha value is -0.120. The first-order valence-corrected chi connectivity index (χ1v) is 7.69. The quantitative estimate of drug-likeness (QED) is 0.814. The van der Waals surface area contributed by atoms with E-state index in [0.29, 0.717) is 12.2 Å². The summed E-state index contributed by atoms with van der Waals surface area (Å²) in [7, 11) is 4.30. The molecule has 0 amide bonds.